The number of carbonyl (C=O) groups excluding carboxylic acids is 2. The van der Waals surface area contributed by atoms with Crippen LogP contribution in [-0.2, 0) is 10.2 Å². The largest absolute Gasteiger partial charge is 0.496 e. The molecule has 0 bridgehead atoms. The van der Waals surface area contributed by atoms with Gasteiger partial charge in [-0.15, -0.1) is 0 Å². The van der Waals surface area contributed by atoms with Gasteiger partial charge in [-0.05, 0) is 69.9 Å². The van der Waals surface area contributed by atoms with Crippen LogP contribution in [0.1, 0.15) is 56.0 Å². The third-order valence-corrected chi connectivity index (χ3v) is 5.97. The molecule has 7 heteroatoms. The van der Waals surface area contributed by atoms with E-state index < -0.39 is 11.0 Å². The first kappa shape index (κ1) is 24.6. The van der Waals surface area contributed by atoms with Crippen molar-refractivity contribution in [2.24, 2.45) is 0 Å². The molecular formula is C26H33FN2O4. The van der Waals surface area contributed by atoms with E-state index in [0.717, 1.165) is 5.56 Å². The number of carbonyl (C=O) groups is 2. The molecule has 1 N–H and O–H groups in total. The summed E-state index contributed by atoms with van der Waals surface area (Å²) in [7, 11) is 1.52. The fourth-order valence-corrected chi connectivity index (χ4v) is 4.27. The highest BCUT2D eigenvalue weighted by Crippen LogP contribution is 2.36. The molecule has 1 fully saturated rings. The van der Waals surface area contributed by atoms with Gasteiger partial charge in [-0.3, -0.25) is 4.79 Å². The van der Waals surface area contributed by atoms with Crippen LogP contribution in [0.3, 0.4) is 0 Å². The zero-order valence-corrected chi connectivity index (χ0v) is 19.8. The third kappa shape index (κ3) is 6.24. The Hall–Kier alpha value is -3.09. The van der Waals surface area contributed by atoms with Gasteiger partial charge < -0.3 is 19.7 Å². The van der Waals surface area contributed by atoms with Crippen LogP contribution < -0.4 is 10.1 Å². The second-order valence-corrected chi connectivity index (χ2v) is 9.49. The Morgan fingerprint density at radius 1 is 1.09 bits per heavy atom. The van der Waals surface area contributed by atoms with Gasteiger partial charge in [-0.2, -0.15) is 0 Å². The highest BCUT2D eigenvalue weighted by atomic mass is 19.1. The van der Waals surface area contributed by atoms with E-state index in [2.05, 4.69) is 5.32 Å². The molecule has 0 aromatic heterocycles. The lowest BCUT2D eigenvalue weighted by Crippen LogP contribution is -2.42. The van der Waals surface area contributed by atoms with Crippen molar-refractivity contribution in [1.29, 1.82) is 0 Å². The molecule has 33 heavy (non-hydrogen) atoms. The molecule has 1 saturated heterocycles. The van der Waals surface area contributed by atoms with Crippen LogP contribution >= 0.6 is 0 Å². The average Bonchev–Trinajstić information content (AvgIpc) is 3.00. The average molecular weight is 457 g/mol. The molecule has 2 aromatic rings. The van der Waals surface area contributed by atoms with Crippen molar-refractivity contribution in [2.45, 2.75) is 51.0 Å². The number of benzene rings is 2. The maximum atomic E-state index is 14.2. The molecule has 1 unspecified atom stereocenters. The molecule has 0 saturated carbocycles. The Bertz CT molecular complexity index is 988. The molecule has 1 atom stereocenters. The molecule has 0 radical (unpaired) electrons. The Morgan fingerprint density at radius 3 is 2.55 bits per heavy atom. The maximum Gasteiger partial charge on any atom is 0.410 e. The van der Waals surface area contributed by atoms with Crippen LogP contribution in [-0.4, -0.2) is 49.2 Å². The molecular weight excluding hydrogens is 423 g/mol. The maximum absolute atomic E-state index is 14.2. The van der Waals surface area contributed by atoms with Crippen molar-refractivity contribution < 1.29 is 23.5 Å². The first-order chi connectivity index (χ1) is 15.6. The summed E-state index contributed by atoms with van der Waals surface area (Å²) in [6.07, 6.45) is 1.63. The number of halogens is 1. The Labute approximate surface area is 195 Å². The first-order valence-corrected chi connectivity index (χ1v) is 11.3. The SMILES string of the molecule is COc1ccccc1C(=O)NCC1(c2cccc(F)c2)CCCN(C(=O)OC(C)(C)C)CC1. The van der Waals surface area contributed by atoms with Gasteiger partial charge in [0.1, 0.15) is 17.2 Å². The smallest absolute Gasteiger partial charge is 0.410 e. The standard InChI is InChI=1S/C26H33FN2O4/c1-25(2,3)33-24(31)29-15-8-13-26(14-16-29,19-9-7-10-20(27)17-19)18-28-23(30)21-11-5-6-12-22(21)32-4/h5-7,9-12,17H,8,13-16,18H2,1-4H3,(H,28,30). The number of ether oxygens (including phenoxy) is 2. The first-order valence-electron chi connectivity index (χ1n) is 11.3. The van der Waals surface area contributed by atoms with E-state index in [-0.39, 0.29) is 17.8 Å². The molecule has 1 aliphatic heterocycles. The summed E-state index contributed by atoms with van der Waals surface area (Å²) in [4.78, 5) is 27.3. The number of rotatable bonds is 5. The van der Waals surface area contributed by atoms with E-state index in [4.69, 9.17) is 9.47 Å². The van der Waals surface area contributed by atoms with E-state index >= 15 is 0 Å². The Kier molecular flexibility index (Phi) is 7.61. The molecule has 1 aliphatic rings. The lowest BCUT2D eigenvalue weighted by molar-refractivity contribution is 0.0253. The topological polar surface area (TPSA) is 67.9 Å². The monoisotopic (exact) mass is 456 g/mol. The lowest BCUT2D eigenvalue weighted by atomic mass is 9.74. The summed E-state index contributed by atoms with van der Waals surface area (Å²) < 4.78 is 25.0. The molecule has 178 valence electrons. The summed E-state index contributed by atoms with van der Waals surface area (Å²) in [6.45, 7) is 6.84. The highest BCUT2D eigenvalue weighted by molar-refractivity contribution is 5.97. The van der Waals surface area contributed by atoms with E-state index in [0.29, 0.717) is 50.2 Å². The molecule has 0 aliphatic carbocycles. The summed E-state index contributed by atoms with van der Waals surface area (Å²) in [5, 5.41) is 3.04. The van der Waals surface area contributed by atoms with Gasteiger partial charge in [-0.1, -0.05) is 24.3 Å². The Balaban J connectivity index is 1.83. The third-order valence-electron chi connectivity index (χ3n) is 5.97. The van der Waals surface area contributed by atoms with Crippen molar-refractivity contribution in [3.05, 3.63) is 65.5 Å². The van der Waals surface area contributed by atoms with Gasteiger partial charge in [0.05, 0.1) is 12.7 Å². The number of methoxy groups -OCH3 is 1. The summed E-state index contributed by atoms with van der Waals surface area (Å²) in [5.41, 5.74) is 0.162. The van der Waals surface area contributed by atoms with Gasteiger partial charge in [0.2, 0.25) is 0 Å². The predicted octanol–water partition coefficient (Wildman–Crippen LogP) is 4.92. The van der Waals surface area contributed by atoms with Crippen LogP contribution in [0.4, 0.5) is 9.18 Å². The summed E-state index contributed by atoms with van der Waals surface area (Å²) >= 11 is 0. The van der Waals surface area contributed by atoms with Crippen molar-refractivity contribution in [1.82, 2.24) is 10.2 Å². The van der Waals surface area contributed by atoms with E-state index in [9.17, 15) is 14.0 Å². The molecule has 6 nitrogen and oxygen atoms in total. The van der Waals surface area contributed by atoms with Crippen LogP contribution in [0, 0.1) is 5.82 Å². The zero-order chi connectivity index (χ0) is 24.1. The van der Waals surface area contributed by atoms with E-state index in [1.54, 1.807) is 35.2 Å². The van der Waals surface area contributed by atoms with E-state index in [1.165, 1.54) is 19.2 Å². The second kappa shape index (κ2) is 10.2. The fourth-order valence-electron chi connectivity index (χ4n) is 4.27. The lowest BCUT2D eigenvalue weighted by Gasteiger charge is -2.34. The van der Waals surface area contributed by atoms with Crippen molar-refractivity contribution in [3.8, 4) is 5.75 Å². The molecule has 3 rings (SSSR count). The zero-order valence-electron chi connectivity index (χ0n) is 19.8. The number of hydrogen-bond acceptors (Lipinski definition) is 4. The number of hydrogen-bond donors (Lipinski definition) is 1. The number of nitrogens with zero attached hydrogens (tertiary/aromatic N) is 1. The quantitative estimate of drug-likeness (QED) is 0.693. The van der Waals surface area contributed by atoms with Gasteiger partial charge in [0, 0.05) is 25.0 Å². The van der Waals surface area contributed by atoms with Crippen molar-refractivity contribution >= 4 is 12.0 Å². The number of amides is 2. The van der Waals surface area contributed by atoms with Gasteiger partial charge in [0.15, 0.2) is 0 Å². The molecule has 2 amide bonds. The number of nitrogens with one attached hydrogen (secondary N) is 1. The van der Waals surface area contributed by atoms with Gasteiger partial charge in [-0.25, -0.2) is 9.18 Å². The fraction of sp³-hybridized carbons (Fsp3) is 0.462. The molecule has 2 aromatic carbocycles. The number of likely N-dealkylation sites (tertiary alicyclic amines) is 1. The minimum atomic E-state index is -0.578. The van der Waals surface area contributed by atoms with Crippen molar-refractivity contribution in [2.75, 3.05) is 26.7 Å². The van der Waals surface area contributed by atoms with Crippen molar-refractivity contribution in [3.63, 3.8) is 0 Å². The van der Waals surface area contributed by atoms with Gasteiger partial charge >= 0.3 is 6.09 Å². The van der Waals surface area contributed by atoms with Crippen LogP contribution in [0.2, 0.25) is 0 Å². The van der Waals surface area contributed by atoms with Gasteiger partial charge in [0.25, 0.3) is 5.91 Å². The Morgan fingerprint density at radius 2 is 1.85 bits per heavy atom. The molecule has 1 heterocycles. The van der Waals surface area contributed by atoms with Crippen LogP contribution in [0.5, 0.6) is 5.75 Å². The summed E-state index contributed by atoms with van der Waals surface area (Å²) in [6, 6.07) is 13.5. The normalized spacial score (nSPS) is 18.9. The minimum absolute atomic E-state index is 0.253. The second-order valence-electron chi connectivity index (χ2n) is 9.49. The van der Waals surface area contributed by atoms with Crippen LogP contribution in [0.15, 0.2) is 48.5 Å². The summed E-state index contributed by atoms with van der Waals surface area (Å²) in [5.74, 6) is -0.0839. The van der Waals surface area contributed by atoms with E-state index in [1.807, 2.05) is 26.8 Å². The predicted molar refractivity (Wildman–Crippen MR) is 125 cm³/mol. The van der Waals surface area contributed by atoms with Crippen LogP contribution in [0.25, 0.3) is 0 Å². The minimum Gasteiger partial charge on any atom is -0.496 e. The highest BCUT2D eigenvalue weighted by Gasteiger charge is 2.37. The molecule has 0 spiro atoms. The number of para-hydroxylation sites is 1.